The van der Waals surface area contributed by atoms with Crippen molar-refractivity contribution in [1.29, 1.82) is 0 Å². The lowest BCUT2D eigenvalue weighted by Crippen LogP contribution is -2.17. The number of rotatable bonds is 2. The number of hydrogen-bond acceptors (Lipinski definition) is 3. The third-order valence-corrected chi connectivity index (χ3v) is 3.87. The summed E-state index contributed by atoms with van der Waals surface area (Å²) in [5, 5.41) is 0.608. The van der Waals surface area contributed by atoms with E-state index in [1.54, 1.807) is 6.20 Å². The minimum atomic E-state index is 0.397. The predicted octanol–water partition coefficient (Wildman–Crippen LogP) is 2.70. The molecule has 4 nitrogen and oxygen atoms in total. The summed E-state index contributed by atoms with van der Waals surface area (Å²) in [6.07, 6.45) is 2.77. The lowest BCUT2D eigenvalue weighted by Gasteiger charge is -2.15. The van der Waals surface area contributed by atoms with E-state index in [1.807, 2.05) is 6.07 Å². The molecular weight excluding hydrogens is 271 g/mol. The fraction of sp³-hybridized carbons (Fsp3) is 0.500. The third kappa shape index (κ3) is 1.98. The normalized spacial score (nSPS) is 20.9. The van der Waals surface area contributed by atoms with Crippen LogP contribution in [0, 0.1) is 0 Å². The van der Waals surface area contributed by atoms with Crippen molar-refractivity contribution in [3.63, 3.8) is 0 Å². The van der Waals surface area contributed by atoms with Gasteiger partial charge in [0.15, 0.2) is 5.65 Å². The zero-order valence-corrected chi connectivity index (χ0v) is 11.6. The Balaban J connectivity index is 2.13. The molecule has 1 aliphatic rings. The van der Waals surface area contributed by atoms with Gasteiger partial charge in [-0.15, -0.1) is 11.6 Å². The first-order chi connectivity index (χ1) is 8.69. The average Bonchev–Trinajstić information content (AvgIpc) is 2.91. The molecule has 1 aliphatic heterocycles. The van der Waals surface area contributed by atoms with E-state index in [-0.39, 0.29) is 0 Å². The zero-order chi connectivity index (χ0) is 12.7. The van der Waals surface area contributed by atoms with Gasteiger partial charge >= 0.3 is 0 Å². The van der Waals surface area contributed by atoms with Crippen LogP contribution in [0.3, 0.4) is 0 Å². The molecule has 0 N–H and O–H groups in total. The van der Waals surface area contributed by atoms with Crippen molar-refractivity contribution < 1.29 is 0 Å². The van der Waals surface area contributed by atoms with Gasteiger partial charge in [-0.1, -0.05) is 11.6 Å². The highest BCUT2D eigenvalue weighted by Crippen LogP contribution is 2.28. The molecule has 2 aromatic rings. The van der Waals surface area contributed by atoms with Crippen LogP contribution in [-0.2, 0) is 5.88 Å². The maximum absolute atomic E-state index is 6.00. The lowest BCUT2D eigenvalue weighted by atomic mass is 10.2. The van der Waals surface area contributed by atoms with Gasteiger partial charge in [0.05, 0.1) is 16.9 Å². The average molecular weight is 285 g/mol. The molecule has 6 heteroatoms. The van der Waals surface area contributed by atoms with Crippen molar-refractivity contribution >= 4 is 34.4 Å². The van der Waals surface area contributed by atoms with Gasteiger partial charge in [-0.3, -0.25) is 0 Å². The second-order valence-corrected chi connectivity index (χ2v) is 5.44. The minimum Gasteiger partial charge on any atom is -0.307 e. The molecular formula is C12H14Cl2N4. The number of likely N-dealkylation sites (tertiary alicyclic amines) is 1. The quantitative estimate of drug-likeness (QED) is 0.796. The van der Waals surface area contributed by atoms with Gasteiger partial charge in [0.1, 0.15) is 11.3 Å². The number of imidazole rings is 1. The van der Waals surface area contributed by atoms with Crippen LogP contribution in [0.1, 0.15) is 18.3 Å². The lowest BCUT2D eigenvalue weighted by molar-refractivity contribution is 0.392. The van der Waals surface area contributed by atoms with Crippen molar-refractivity contribution in [2.45, 2.75) is 18.3 Å². The van der Waals surface area contributed by atoms with Crippen molar-refractivity contribution in [1.82, 2.24) is 19.4 Å². The van der Waals surface area contributed by atoms with Gasteiger partial charge < -0.3 is 9.47 Å². The summed E-state index contributed by atoms with van der Waals surface area (Å²) < 4.78 is 2.17. The van der Waals surface area contributed by atoms with E-state index in [9.17, 15) is 0 Å². The summed E-state index contributed by atoms with van der Waals surface area (Å²) in [5.74, 6) is 1.27. The maximum Gasteiger partial charge on any atom is 0.160 e. The van der Waals surface area contributed by atoms with E-state index < -0.39 is 0 Å². The molecule has 0 saturated carbocycles. The van der Waals surface area contributed by atoms with Crippen LogP contribution in [0.4, 0.5) is 0 Å². The Kier molecular flexibility index (Phi) is 3.18. The molecule has 0 aromatic carbocycles. The molecule has 0 aliphatic carbocycles. The van der Waals surface area contributed by atoms with Crippen LogP contribution in [0.15, 0.2) is 12.3 Å². The highest BCUT2D eigenvalue weighted by molar-refractivity contribution is 6.31. The van der Waals surface area contributed by atoms with Gasteiger partial charge in [-0.2, -0.15) is 0 Å². The van der Waals surface area contributed by atoms with Crippen LogP contribution >= 0.6 is 23.2 Å². The summed E-state index contributed by atoms with van der Waals surface area (Å²) >= 11 is 12.0. The summed E-state index contributed by atoms with van der Waals surface area (Å²) in [5.41, 5.74) is 1.71. The zero-order valence-electron chi connectivity index (χ0n) is 10.1. The van der Waals surface area contributed by atoms with E-state index in [0.717, 1.165) is 36.5 Å². The monoisotopic (exact) mass is 284 g/mol. The van der Waals surface area contributed by atoms with E-state index in [2.05, 4.69) is 26.5 Å². The molecule has 0 bridgehead atoms. The number of likely N-dealkylation sites (N-methyl/N-ethyl adjacent to an activating group) is 1. The first kappa shape index (κ1) is 12.2. The molecule has 0 spiro atoms. The number of fused-ring (bicyclic) bond motifs is 1. The molecule has 0 amide bonds. The number of alkyl halides is 1. The molecule has 1 fully saturated rings. The first-order valence-electron chi connectivity index (χ1n) is 5.96. The second kappa shape index (κ2) is 4.68. The van der Waals surface area contributed by atoms with Crippen molar-refractivity contribution in [3.8, 4) is 0 Å². The molecule has 18 heavy (non-hydrogen) atoms. The molecule has 1 atom stereocenters. The van der Waals surface area contributed by atoms with E-state index >= 15 is 0 Å². The highest BCUT2D eigenvalue weighted by atomic mass is 35.5. The maximum atomic E-state index is 6.00. The van der Waals surface area contributed by atoms with Gasteiger partial charge in [0.25, 0.3) is 0 Å². The molecule has 96 valence electrons. The largest absolute Gasteiger partial charge is 0.307 e. The Bertz CT molecular complexity index is 581. The summed E-state index contributed by atoms with van der Waals surface area (Å²) in [7, 11) is 2.13. The molecule has 0 radical (unpaired) electrons. The highest BCUT2D eigenvalue weighted by Gasteiger charge is 2.25. The first-order valence-corrected chi connectivity index (χ1v) is 6.87. The Hall–Kier alpha value is -0.840. The Morgan fingerprint density at radius 3 is 3.00 bits per heavy atom. The minimum absolute atomic E-state index is 0.397. The van der Waals surface area contributed by atoms with E-state index in [0.29, 0.717) is 16.9 Å². The predicted molar refractivity (Wildman–Crippen MR) is 73.2 cm³/mol. The number of halogens is 2. The fourth-order valence-electron chi connectivity index (χ4n) is 2.60. The van der Waals surface area contributed by atoms with Crippen LogP contribution in [0.25, 0.3) is 11.2 Å². The van der Waals surface area contributed by atoms with Crippen molar-refractivity contribution in [2.75, 3.05) is 20.1 Å². The van der Waals surface area contributed by atoms with Crippen molar-refractivity contribution in [2.24, 2.45) is 0 Å². The van der Waals surface area contributed by atoms with Gasteiger partial charge in [0.2, 0.25) is 0 Å². The van der Waals surface area contributed by atoms with Crippen LogP contribution < -0.4 is 0 Å². The Morgan fingerprint density at radius 1 is 1.50 bits per heavy atom. The van der Waals surface area contributed by atoms with E-state index in [4.69, 9.17) is 23.2 Å². The summed E-state index contributed by atoms with van der Waals surface area (Å²) in [4.78, 5) is 11.2. The van der Waals surface area contributed by atoms with Crippen LogP contribution in [-0.4, -0.2) is 39.6 Å². The molecule has 3 heterocycles. The molecule has 2 aromatic heterocycles. The summed E-state index contributed by atoms with van der Waals surface area (Å²) in [6.45, 7) is 2.11. The van der Waals surface area contributed by atoms with Crippen LogP contribution in [0.5, 0.6) is 0 Å². The van der Waals surface area contributed by atoms with Crippen molar-refractivity contribution in [3.05, 3.63) is 23.1 Å². The van der Waals surface area contributed by atoms with E-state index in [1.165, 1.54) is 0 Å². The number of pyridine rings is 1. The van der Waals surface area contributed by atoms with Gasteiger partial charge in [0, 0.05) is 12.7 Å². The molecule has 1 unspecified atom stereocenters. The number of hydrogen-bond donors (Lipinski definition) is 0. The fourth-order valence-corrected chi connectivity index (χ4v) is 2.95. The molecule has 3 rings (SSSR count). The number of aromatic nitrogens is 3. The topological polar surface area (TPSA) is 34.0 Å². The van der Waals surface area contributed by atoms with Crippen LogP contribution in [0.2, 0.25) is 5.02 Å². The second-order valence-electron chi connectivity index (χ2n) is 4.73. The van der Waals surface area contributed by atoms with Gasteiger partial charge in [-0.25, -0.2) is 9.97 Å². The Labute approximate surface area is 116 Å². The molecule has 1 saturated heterocycles. The third-order valence-electron chi connectivity index (χ3n) is 3.42. The Morgan fingerprint density at radius 2 is 2.33 bits per heavy atom. The van der Waals surface area contributed by atoms with Gasteiger partial charge in [-0.05, 0) is 26.1 Å². The number of nitrogens with zero attached hydrogens (tertiary/aromatic N) is 4. The standard InChI is InChI=1S/C12H14Cl2N4/c1-17-3-2-9(7-17)18-11(5-13)16-10-4-8(14)6-15-12(10)18/h4,6,9H,2-3,5,7H2,1H3. The summed E-state index contributed by atoms with van der Waals surface area (Å²) in [6, 6.07) is 2.25. The smallest absolute Gasteiger partial charge is 0.160 e. The SMILES string of the molecule is CN1CCC(n2c(CCl)nc3cc(Cl)cnc32)C1.